The Bertz CT molecular complexity index is 543. The van der Waals surface area contributed by atoms with Crippen molar-refractivity contribution in [1.29, 1.82) is 0 Å². The lowest BCUT2D eigenvalue weighted by Gasteiger charge is -2.28. The van der Waals surface area contributed by atoms with Crippen molar-refractivity contribution in [3.05, 3.63) is 11.3 Å². The van der Waals surface area contributed by atoms with Gasteiger partial charge in [0.1, 0.15) is 6.10 Å². The van der Waals surface area contributed by atoms with Crippen LogP contribution in [0, 0.1) is 0 Å². The van der Waals surface area contributed by atoms with E-state index in [4.69, 9.17) is 14.7 Å². The van der Waals surface area contributed by atoms with E-state index in [2.05, 4.69) is 4.90 Å². The van der Waals surface area contributed by atoms with Gasteiger partial charge in [0.15, 0.2) is 0 Å². The molecule has 5 heteroatoms. The molecule has 0 spiro atoms. The normalized spacial score (nSPS) is 28.0. The minimum atomic E-state index is -0.342. The third-order valence-corrected chi connectivity index (χ3v) is 5.20. The van der Waals surface area contributed by atoms with Crippen molar-refractivity contribution in [1.82, 2.24) is 9.97 Å². The highest BCUT2D eigenvalue weighted by molar-refractivity contribution is 5.43. The van der Waals surface area contributed by atoms with Crippen molar-refractivity contribution >= 4 is 5.95 Å². The Labute approximate surface area is 131 Å². The van der Waals surface area contributed by atoms with Gasteiger partial charge in [-0.05, 0) is 57.8 Å². The van der Waals surface area contributed by atoms with Gasteiger partial charge in [0.25, 0.3) is 0 Å². The highest BCUT2D eigenvalue weighted by Crippen LogP contribution is 2.33. The van der Waals surface area contributed by atoms with Crippen LogP contribution in [0.3, 0.4) is 0 Å². The second-order valence-electron chi connectivity index (χ2n) is 6.81. The lowest BCUT2D eigenvalue weighted by Crippen LogP contribution is -2.32. The average molecular weight is 303 g/mol. The van der Waals surface area contributed by atoms with Gasteiger partial charge in [0.2, 0.25) is 11.8 Å². The van der Waals surface area contributed by atoms with Gasteiger partial charge in [-0.15, -0.1) is 0 Å². The number of hydrogen-bond donors (Lipinski definition) is 1. The summed E-state index contributed by atoms with van der Waals surface area (Å²) in [6.07, 6.45) is 9.30. The van der Waals surface area contributed by atoms with E-state index in [1.165, 1.54) is 24.8 Å². The zero-order chi connectivity index (χ0) is 14.9. The molecular formula is C17H25N3O2. The van der Waals surface area contributed by atoms with Gasteiger partial charge in [0.05, 0.1) is 11.8 Å². The molecule has 4 rings (SSSR count). The second kappa shape index (κ2) is 6.03. The van der Waals surface area contributed by atoms with Crippen molar-refractivity contribution in [2.24, 2.45) is 0 Å². The summed E-state index contributed by atoms with van der Waals surface area (Å²) >= 11 is 0. The summed E-state index contributed by atoms with van der Waals surface area (Å²) in [7, 11) is 0. The van der Waals surface area contributed by atoms with E-state index < -0.39 is 0 Å². The number of rotatable bonds is 3. The van der Waals surface area contributed by atoms with Crippen LogP contribution in [0.15, 0.2) is 0 Å². The molecule has 1 saturated heterocycles. The Morgan fingerprint density at radius 1 is 0.955 bits per heavy atom. The van der Waals surface area contributed by atoms with E-state index >= 15 is 0 Å². The predicted octanol–water partition coefficient (Wildman–Crippen LogP) is 2.25. The molecule has 0 bridgehead atoms. The van der Waals surface area contributed by atoms with Gasteiger partial charge in [-0.1, -0.05) is 0 Å². The standard InChI is InChI=1S/C17H25N3O2/c21-14-8-5-9-15(14)22-16-12-6-4-7-13(12)18-17(19-16)20-10-2-1-3-11-20/h14-15,21H,1-11H2. The molecule has 2 aliphatic carbocycles. The first kappa shape index (κ1) is 14.2. The van der Waals surface area contributed by atoms with Crippen LogP contribution in [0.25, 0.3) is 0 Å². The lowest BCUT2D eigenvalue weighted by molar-refractivity contribution is 0.0567. The van der Waals surface area contributed by atoms with Gasteiger partial charge >= 0.3 is 0 Å². The Balaban J connectivity index is 1.62. The SMILES string of the molecule is OC1CCCC1Oc1nc(N2CCCCC2)nc2c1CCC2. The molecule has 5 nitrogen and oxygen atoms in total. The molecule has 0 radical (unpaired) electrons. The molecule has 120 valence electrons. The molecule has 2 heterocycles. The smallest absolute Gasteiger partial charge is 0.228 e. The second-order valence-corrected chi connectivity index (χ2v) is 6.81. The van der Waals surface area contributed by atoms with Crippen LogP contribution >= 0.6 is 0 Å². The van der Waals surface area contributed by atoms with Crippen molar-refractivity contribution in [2.45, 2.75) is 70.0 Å². The molecule has 2 unspecified atom stereocenters. The first-order valence-corrected chi connectivity index (χ1v) is 8.81. The average Bonchev–Trinajstić information content (AvgIpc) is 3.17. The Morgan fingerprint density at radius 2 is 1.82 bits per heavy atom. The van der Waals surface area contributed by atoms with Gasteiger partial charge in [0, 0.05) is 18.7 Å². The number of aromatic nitrogens is 2. The van der Waals surface area contributed by atoms with Gasteiger partial charge < -0.3 is 14.7 Å². The Morgan fingerprint density at radius 3 is 2.59 bits per heavy atom. The fraction of sp³-hybridized carbons (Fsp3) is 0.765. The van der Waals surface area contributed by atoms with Crippen LogP contribution in [-0.4, -0.2) is 40.4 Å². The Kier molecular flexibility index (Phi) is 3.90. The number of aliphatic hydroxyl groups excluding tert-OH is 1. The summed E-state index contributed by atoms with van der Waals surface area (Å²) in [4.78, 5) is 11.8. The number of fused-ring (bicyclic) bond motifs is 1. The summed E-state index contributed by atoms with van der Waals surface area (Å²) in [5, 5.41) is 10.0. The molecule has 1 saturated carbocycles. The molecule has 3 aliphatic rings. The predicted molar refractivity (Wildman–Crippen MR) is 84.4 cm³/mol. The zero-order valence-electron chi connectivity index (χ0n) is 13.1. The van der Waals surface area contributed by atoms with Crippen LogP contribution in [0.5, 0.6) is 5.88 Å². The molecule has 1 aliphatic heterocycles. The van der Waals surface area contributed by atoms with E-state index in [0.717, 1.165) is 69.1 Å². The van der Waals surface area contributed by atoms with Crippen LogP contribution < -0.4 is 9.64 Å². The molecule has 0 aromatic carbocycles. The number of ether oxygens (including phenoxy) is 1. The summed E-state index contributed by atoms with van der Waals surface area (Å²) in [6, 6.07) is 0. The summed E-state index contributed by atoms with van der Waals surface area (Å²) in [5.74, 6) is 1.58. The maximum absolute atomic E-state index is 10.0. The molecule has 1 aromatic rings. The van der Waals surface area contributed by atoms with Crippen LogP contribution in [-0.2, 0) is 12.8 Å². The largest absolute Gasteiger partial charge is 0.471 e. The number of aliphatic hydroxyl groups is 1. The maximum atomic E-state index is 10.0. The topological polar surface area (TPSA) is 58.5 Å². The number of aryl methyl sites for hydroxylation is 1. The summed E-state index contributed by atoms with van der Waals surface area (Å²) < 4.78 is 6.13. The first-order chi connectivity index (χ1) is 10.8. The van der Waals surface area contributed by atoms with Crippen molar-refractivity contribution in [2.75, 3.05) is 18.0 Å². The highest BCUT2D eigenvalue weighted by Gasteiger charge is 2.30. The molecule has 1 aromatic heterocycles. The van der Waals surface area contributed by atoms with E-state index in [1.54, 1.807) is 0 Å². The van der Waals surface area contributed by atoms with Gasteiger partial charge in [-0.2, -0.15) is 4.98 Å². The van der Waals surface area contributed by atoms with E-state index in [-0.39, 0.29) is 12.2 Å². The molecule has 2 atom stereocenters. The van der Waals surface area contributed by atoms with Crippen LogP contribution in [0.1, 0.15) is 56.2 Å². The van der Waals surface area contributed by atoms with Gasteiger partial charge in [-0.3, -0.25) is 0 Å². The maximum Gasteiger partial charge on any atom is 0.228 e. The number of hydrogen-bond acceptors (Lipinski definition) is 5. The van der Waals surface area contributed by atoms with E-state index in [0.29, 0.717) is 0 Å². The fourth-order valence-corrected chi connectivity index (χ4v) is 3.91. The number of anilines is 1. The quantitative estimate of drug-likeness (QED) is 0.928. The third-order valence-electron chi connectivity index (χ3n) is 5.20. The minimum Gasteiger partial charge on any atom is -0.471 e. The zero-order valence-corrected chi connectivity index (χ0v) is 13.1. The monoisotopic (exact) mass is 303 g/mol. The number of nitrogens with zero attached hydrogens (tertiary/aromatic N) is 3. The first-order valence-electron chi connectivity index (χ1n) is 8.81. The van der Waals surface area contributed by atoms with E-state index in [1.807, 2.05) is 0 Å². The van der Waals surface area contributed by atoms with Crippen molar-refractivity contribution in [3.63, 3.8) is 0 Å². The van der Waals surface area contributed by atoms with Crippen molar-refractivity contribution in [3.8, 4) is 5.88 Å². The number of piperidine rings is 1. The molecular weight excluding hydrogens is 278 g/mol. The van der Waals surface area contributed by atoms with Gasteiger partial charge in [-0.25, -0.2) is 4.98 Å². The van der Waals surface area contributed by atoms with E-state index in [9.17, 15) is 5.11 Å². The summed E-state index contributed by atoms with van der Waals surface area (Å²) in [6.45, 7) is 2.09. The van der Waals surface area contributed by atoms with Crippen molar-refractivity contribution < 1.29 is 9.84 Å². The van der Waals surface area contributed by atoms with Crippen LogP contribution in [0.4, 0.5) is 5.95 Å². The molecule has 22 heavy (non-hydrogen) atoms. The minimum absolute atomic E-state index is 0.0891. The third kappa shape index (κ3) is 2.67. The summed E-state index contributed by atoms with van der Waals surface area (Å²) in [5.41, 5.74) is 2.35. The molecule has 0 amide bonds. The van der Waals surface area contributed by atoms with Crippen LogP contribution in [0.2, 0.25) is 0 Å². The highest BCUT2D eigenvalue weighted by atomic mass is 16.5. The fourth-order valence-electron chi connectivity index (χ4n) is 3.91. The molecule has 1 N–H and O–H groups in total. The Hall–Kier alpha value is -1.36. The molecule has 2 fully saturated rings. The lowest BCUT2D eigenvalue weighted by atomic mass is 10.1.